The van der Waals surface area contributed by atoms with E-state index in [-0.39, 0.29) is 6.42 Å². The first-order valence-corrected chi connectivity index (χ1v) is 5.99. The Kier molecular flexibility index (Phi) is 4.14. The number of aliphatic carboxylic acids is 2. The SMILES string of the molecule is CCCC1(C(=O)O)CCCCC1(OC)C(=O)O. The highest BCUT2D eigenvalue weighted by Gasteiger charge is 2.62. The van der Waals surface area contributed by atoms with E-state index < -0.39 is 23.0 Å². The minimum absolute atomic E-state index is 0.269. The van der Waals surface area contributed by atoms with Crippen molar-refractivity contribution in [3.05, 3.63) is 0 Å². The fraction of sp³-hybridized carbons (Fsp3) is 0.833. The molecule has 2 unspecified atom stereocenters. The first kappa shape index (κ1) is 14.0. The van der Waals surface area contributed by atoms with Gasteiger partial charge in [-0.25, -0.2) is 4.79 Å². The van der Waals surface area contributed by atoms with Crippen LogP contribution in [0.3, 0.4) is 0 Å². The lowest BCUT2D eigenvalue weighted by Crippen LogP contribution is -2.61. The smallest absolute Gasteiger partial charge is 0.337 e. The molecule has 5 heteroatoms. The fourth-order valence-corrected chi connectivity index (χ4v) is 3.08. The van der Waals surface area contributed by atoms with Crippen molar-refractivity contribution in [2.45, 2.75) is 51.0 Å². The maximum absolute atomic E-state index is 11.6. The Morgan fingerprint density at radius 3 is 2.18 bits per heavy atom. The van der Waals surface area contributed by atoms with Gasteiger partial charge in [-0.15, -0.1) is 0 Å². The summed E-state index contributed by atoms with van der Waals surface area (Å²) < 4.78 is 5.19. The zero-order valence-electron chi connectivity index (χ0n) is 10.4. The fourth-order valence-electron chi connectivity index (χ4n) is 3.08. The number of hydrogen-bond acceptors (Lipinski definition) is 3. The number of carboxylic acid groups (broad SMARTS) is 2. The van der Waals surface area contributed by atoms with Crippen LogP contribution in [0.25, 0.3) is 0 Å². The van der Waals surface area contributed by atoms with E-state index in [9.17, 15) is 19.8 Å². The van der Waals surface area contributed by atoms with Crippen LogP contribution in [-0.2, 0) is 14.3 Å². The number of methoxy groups -OCH3 is 1. The molecule has 2 N–H and O–H groups in total. The summed E-state index contributed by atoms with van der Waals surface area (Å²) in [6.07, 6.45) is 3.04. The van der Waals surface area contributed by atoms with Gasteiger partial charge in [0.05, 0.1) is 0 Å². The highest BCUT2D eigenvalue weighted by atomic mass is 16.5. The number of carbonyl (C=O) groups is 2. The molecular weight excluding hydrogens is 224 g/mol. The summed E-state index contributed by atoms with van der Waals surface area (Å²) in [6, 6.07) is 0. The second-order valence-corrected chi connectivity index (χ2v) is 4.68. The zero-order valence-corrected chi connectivity index (χ0v) is 10.4. The third-order valence-corrected chi connectivity index (χ3v) is 3.94. The van der Waals surface area contributed by atoms with Gasteiger partial charge >= 0.3 is 11.9 Å². The van der Waals surface area contributed by atoms with Crippen LogP contribution >= 0.6 is 0 Å². The average Bonchev–Trinajstić information content (AvgIpc) is 2.29. The molecule has 0 radical (unpaired) electrons. The van der Waals surface area contributed by atoms with Gasteiger partial charge in [0.2, 0.25) is 0 Å². The summed E-state index contributed by atoms with van der Waals surface area (Å²) in [4.78, 5) is 23.1. The van der Waals surface area contributed by atoms with Gasteiger partial charge in [0, 0.05) is 7.11 Å². The molecule has 0 saturated heterocycles. The Hall–Kier alpha value is -1.10. The topological polar surface area (TPSA) is 83.8 Å². The van der Waals surface area contributed by atoms with Crippen LogP contribution in [0.4, 0.5) is 0 Å². The van der Waals surface area contributed by atoms with Crippen molar-refractivity contribution >= 4 is 11.9 Å². The van der Waals surface area contributed by atoms with E-state index in [2.05, 4.69) is 0 Å². The van der Waals surface area contributed by atoms with Gasteiger partial charge in [0.1, 0.15) is 5.41 Å². The third-order valence-electron chi connectivity index (χ3n) is 3.94. The minimum atomic E-state index is -1.58. The molecule has 17 heavy (non-hydrogen) atoms. The van der Waals surface area contributed by atoms with E-state index >= 15 is 0 Å². The van der Waals surface area contributed by atoms with Gasteiger partial charge in [0.25, 0.3) is 0 Å². The summed E-state index contributed by atoms with van der Waals surface area (Å²) in [5, 5.41) is 18.9. The van der Waals surface area contributed by atoms with E-state index in [1.807, 2.05) is 6.92 Å². The number of ether oxygens (including phenoxy) is 1. The van der Waals surface area contributed by atoms with Crippen LogP contribution in [0.2, 0.25) is 0 Å². The molecule has 1 fully saturated rings. The molecular formula is C12H20O5. The van der Waals surface area contributed by atoms with E-state index in [0.717, 1.165) is 6.42 Å². The quantitative estimate of drug-likeness (QED) is 0.771. The lowest BCUT2D eigenvalue weighted by atomic mass is 9.60. The summed E-state index contributed by atoms with van der Waals surface area (Å²) in [7, 11) is 1.30. The van der Waals surface area contributed by atoms with Crippen LogP contribution in [0, 0.1) is 5.41 Å². The molecule has 0 aliphatic heterocycles. The predicted octanol–water partition coefficient (Wildman–Crippen LogP) is 1.90. The van der Waals surface area contributed by atoms with Crippen molar-refractivity contribution in [1.82, 2.24) is 0 Å². The molecule has 1 aliphatic rings. The van der Waals surface area contributed by atoms with E-state index in [4.69, 9.17) is 4.74 Å². The first-order chi connectivity index (χ1) is 7.97. The van der Waals surface area contributed by atoms with Crippen LogP contribution < -0.4 is 0 Å². The summed E-state index contributed by atoms with van der Waals surface area (Å²) in [6.45, 7) is 1.86. The van der Waals surface area contributed by atoms with Crippen molar-refractivity contribution in [3.8, 4) is 0 Å². The molecule has 98 valence electrons. The maximum atomic E-state index is 11.6. The average molecular weight is 244 g/mol. The molecule has 2 atom stereocenters. The van der Waals surface area contributed by atoms with Gasteiger partial charge < -0.3 is 14.9 Å². The Morgan fingerprint density at radius 1 is 1.18 bits per heavy atom. The van der Waals surface area contributed by atoms with Crippen molar-refractivity contribution < 1.29 is 24.5 Å². The third kappa shape index (κ3) is 1.92. The number of carboxylic acids is 2. The Labute approximate surface area is 101 Å². The number of hydrogen-bond donors (Lipinski definition) is 2. The number of rotatable bonds is 5. The molecule has 5 nitrogen and oxygen atoms in total. The van der Waals surface area contributed by atoms with Crippen molar-refractivity contribution in [2.75, 3.05) is 7.11 Å². The highest BCUT2D eigenvalue weighted by molar-refractivity contribution is 5.89. The zero-order chi connectivity index (χ0) is 13.1. The van der Waals surface area contributed by atoms with Gasteiger partial charge in [-0.05, 0) is 25.7 Å². The standard InChI is InChI=1S/C12H20O5/c1-3-6-11(9(13)14)7-4-5-8-12(11,17-2)10(15)16/h3-8H2,1-2H3,(H,13,14)(H,15,16). The Morgan fingerprint density at radius 2 is 1.76 bits per heavy atom. The lowest BCUT2D eigenvalue weighted by Gasteiger charge is -2.47. The molecule has 0 amide bonds. The molecule has 0 spiro atoms. The molecule has 1 rings (SSSR count). The molecule has 1 aliphatic carbocycles. The second kappa shape index (κ2) is 5.04. The molecule has 0 aromatic rings. The molecule has 1 saturated carbocycles. The normalized spacial score (nSPS) is 33.3. The van der Waals surface area contributed by atoms with E-state index in [1.165, 1.54) is 7.11 Å². The molecule has 0 bridgehead atoms. The summed E-state index contributed by atoms with van der Waals surface area (Å²) in [5.74, 6) is -2.21. The maximum Gasteiger partial charge on any atom is 0.337 e. The summed E-state index contributed by atoms with van der Waals surface area (Å²) in [5.41, 5.74) is -2.87. The van der Waals surface area contributed by atoms with Crippen LogP contribution in [0.15, 0.2) is 0 Å². The van der Waals surface area contributed by atoms with Crippen molar-refractivity contribution in [2.24, 2.45) is 5.41 Å². The van der Waals surface area contributed by atoms with Crippen molar-refractivity contribution in [1.29, 1.82) is 0 Å². The first-order valence-electron chi connectivity index (χ1n) is 5.99. The molecule has 0 aromatic heterocycles. The van der Waals surface area contributed by atoms with Gasteiger partial charge in [0.15, 0.2) is 5.60 Å². The minimum Gasteiger partial charge on any atom is -0.481 e. The second-order valence-electron chi connectivity index (χ2n) is 4.68. The Bertz CT molecular complexity index is 310. The van der Waals surface area contributed by atoms with E-state index in [0.29, 0.717) is 25.7 Å². The monoisotopic (exact) mass is 244 g/mol. The predicted molar refractivity (Wildman–Crippen MR) is 60.8 cm³/mol. The van der Waals surface area contributed by atoms with Crippen molar-refractivity contribution in [3.63, 3.8) is 0 Å². The summed E-state index contributed by atoms with van der Waals surface area (Å²) >= 11 is 0. The van der Waals surface area contributed by atoms with Gasteiger partial charge in [-0.3, -0.25) is 4.79 Å². The lowest BCUT2D eigenvalue weighted by molar-refractivity contribution is -0.204. The van der Waals surface area contributed by atoms with Gasteiger partial charge in [-0.1, -0.05) is 19.8 Å². The molecule has 0 aromatic carbocycles. The van der Waals surface area contributed by atoms with Crippen LogP contribution in [-0.4, -0.2) is 34.9 Å². The highest BCUT2D eigenvalue weighted by Crippen LogP contribution is 2.50. The Balaban J connectivity index is 3.28. The van der Waals surface area contributed by atoms with Crippen LogP contribution in [0.5, 0.6) is 0 Å². The largest absolute Gasteiger partial charge is 0.481 e. The van der Waals surface area contributed by atoms with Crippen LogP contribution in [0.1, 0.15) is 45.4 Å². The molecule has 0 heterocycles. The van der Waals surface area contributed by atoms with E-state index in [1.54, 1.807) is 0 Å². The van der Waals surface area contributed by atoms with Gasteiger partial charge in [-0.2, -0.15) is 0 Å².